The molecule has 0 aliphatic carbocycles. The van der Waals surface area contributed by atoms with Gasteiger partial charge in [-0.1, -0.05) is 18.2 Å². The average molecular weight is 256 g/mol. The van der Waals surface area contributed by atoms with Gasteiger partial charge in [-0.15, -0.1) is 0 Å². The summed E-state index contributed by atoms with van der Waals surface area (Å²) in [6.45, 7) is 0.721. The van der Waals surface area contributed by atoms with Crippen LogP contribution in [0.3, 0.4) is 0 Å². The summed E-state index contributed by atoms with van der Waals surface area (Å²) < 4.78 is 5.65. The molecular formula is C14H16N4O. The predicted molar refractivity (Wildman–Crippen MR) is 74.5 cm³/mol. The molecule has 2 heterocycles. The van der Waals surface area contributed by atoms with Crippen LogP contribution in [0.15, 0.2) is 36.7 Å². The van der Waals surface area contributed by atoms with Crippen molar-refractivity contribution in [3.05, 3.63) is 42.2 Å². The Hall–Kier alpha value is -2.30. The molecule has 1 aromatic heterocycles. The minimum absolute atomic E-state index is 0.226. The van der Waals surface area contributed by atoms with Crippen LogP contribution in [0.1, 0.15) is 18.0 Å². The molecule has 0 bridgehead atoms. The second-order valence-electron chi connectivity index (χ2n) is 4.41. The smallest absolute Gasteiger partial charge is 0.131 e. The van der Waals surface area contributed by atoms with E-state index in [0.717, 1.165) is 30.4 Å². The standard InChI is InChI=1S/C14H16N4O/c1-15-13-8-14(17-9-16-13)18-11-6-7-19-12-5-3-2-4-10(11)12/h2-5,8-9,11H,6-7H2,1H3,(H2,15,16,17,18). The molecule has 0 saturated carbocycles. The highest BCUT2D eigenvalue weighted by Crippen LogP contribution is 2.33. The molecule has 1 unspecified atom stereocenters. The van der Waals surface area contributed by atoms with E-state index < -0.39 is 0 Å². The molecule has 2 aromatic rings. The Balaban J connectivity index is 1.84. The third kappa shape index (κ3) is 2.45. The number of benzene rings is 1. The number of hydrogen-bond acceptors (Lipinski definition) is 5. The SMILES string of the molecule is CNc1cc(NC2CCOc3ccccc32)ncn1. The van der Waals surface area contributed by atoms with Gasteiger partial charge >= 0.3 is 0 Å². The zero-order valence-electron chi connectivity index (χ0n) is 10.8. The Labute approximate surface area is 112 Å². The summed E-state index contributed by atoms with van der Waals surface area (Å²) in [5.74, 6) is 2.58. The summed E-state index contributed by atoms with van der Waals surface area (Å²) in [7, 11) is 1.84. The minimum Gasteiger partial charge on any atom is -0.493 e. The maximum absolute atomic E-state index is 5.65. The van der Waals surface area contributed by atoms with Crippen molar-refractivity contribution >= 4 is 11.6 Å². The molecule has 3 rings (SSSR count). The van der Waals surface area contributed by atoms with E-state index in [-0.39, 0.29) is 6.04 Å². The molecule has 1 aromatic carbocycles. The maximum Gasteiger partial charge on any atom is 0.131 e. The topological polar surface area (TPSA) is 59.1 Å². The number of rotatable bonds is 3. The minimum atomic E-state index is 0.226. The first-order chi connectivity index (χ1) is 9.36. The lowest BCUT2D eigenvalue weighted by Gasteiger charge is -2.27. The summed E-state index contributed by atoms with van der Waals surface area (Å²) in [5.41, 5.74) is 1.18. The van der Waals surface area contributed by atoms with Crippen LogP contribution in [0, 0.1) is 0 Å². The van der Waals surface area contributed by atoms with Gasteiger partial charge in [0.2, 0.25) is 0 Å². The fraction of sp³-hybridized carbons (Fsp3) is 0.286. The van der Waals surface area contributed by atoms with Crippen molar-refractivity contribution < 1.29 is 4.74 Å². The lowest BCUT2D eigenvalue weighted by molar-refractivity contribution is 0.274. The van der Waals surface area contributed by atoms with Crippen molar-refractivity contribution in [1.82, 2.24) is 9.97 Å². The van der Waals surface area contributed by atoms with Gasteiger partial charge < -0.3 is 15.4 Å². The number of nitrogens with one attached hydrogen (secondary N) is 2. The van der Waals surface area contributed by atoms with Gasteiger partial charge in [0, 0.05) is 25.1 Å². The van der Waals surface area contributed by atoms with Crippen molar-refractivity contribution in [1.29, 1.82) is 0 Å². The second-order valence-corrected chi connectivity index (χ2v) is 4.41. The number of nitrogens with zero attached hydrogens (tertiary/aromatic N) is 2. The Morgan fingerprint density at radius 2 is 2.05 bits per heavy atom. The van der Waals surface area contributed by atoms with E-state index >= 15 is 0 Å². The molecule has 0 radical (unpaired) electrons. The van der Waals surface area contributed by atoms with Crippen molar-refractivity contribution in [2.24, 2.45) is 0 Å². The number of para-hydroxylation sites is 1. The molecule has 1 aliphatic rings. The Morgan fingerprint density at radius 1 is 1.21 bits per heavy atom. The van der Waals surface area contributed by atoms with Crippen LogP contribution in [0.2, 0.25) is 0 Å². The van der Waals surface area contributed by atoms with Crippen LogP contribution in [0.25, 0.3) is 0 Å². The Kier molecular flexibility index (Phi) is 3.18. The molecule has 0 amide bonds. The number of ether oxygens (including phenoxy) is 1. The van der Waals surface area contributed by atoms with E-state index in [0.29, 0.717) is 0 Å². The number of anilines is 2. The third-order valence-electron chi connectivity index (χ3n) is 3.20. The Bertz CT molecular complexity index is 573. The lowest BCUT2D eigenvalue weighted by atomic mass is 10.0. The number of fused-ring (bicyclic) bond motifs is 1. The fourth-order valence-electron chi connectivity index (χ4n) is 2.24. The van der Waals surface area contributed by atoms with Crippen LogP contribution in [0.4, 0.5) is 11.6 Å². The fourth-order valence-corrected chi connectivity index (χ4v) is 2.24. The van der Waals surface area contributed by atoms with Crippen molar-refractivity contribution in [2.45, 2.75) is 12.5 Å². The monoisotopic (exact) mass is 256 g/mol. The first kappa shape index (κ1) is 11.8. The molecule has 5 nitrogen and oxygen atoms in total. The average Bonchev–Trinajstić information content (AvgIpc) is 2.48. The third-order valence-corrected chi connectivity index (χ3v) is 3.20. The van der Waals surface area contributed by atoms with Crippen molar-refractivity contribution in [2.75, 3.05) is 24.3 Å². The molecule has 1 atom stereocenters. The molecule has 0 fully saturated rings. The lowest BCUT2D eigenvalue weighted by Crippen LogP contribution is -2.20. The van der Waals surface area contributed by atoms with Gasteiger partial charge in [0.1, 0.15) is 23.7 Å². The molecule has 1 aliphatic heterocycles. The highest BCUT2D eigenvalue weighted by Gasteiger charge is 2.21. The maximum atomic E-state index is 5.65. The van der Waals surface area contributed by atoms with Gasteiger partial charge in [-0.05, 0) is 6.07 Å². The molecule has 98 valence electrons. The number of aromatic nitrogens is 2. The van der Waals surface area contributed by atoms with E-state index in [2.05, 4.69) is 26.7 Å². The van der Waals surface area contributed by atoms with Crippen molar-refractivity contribution in [3.8, 4) is 5.75 Å². The Morgan fingerprint density at radius 3 is 2.95 bits per heavy atom. The first-order valence-electron chi connectivity index (χ1n) is 6.35. The van der Waals surface area contributed by atoms with Gasteiger partial charge in [-0.3, -0.25) is 0 Å². The van der Waals surface area contributed by atoms with E-state index in [1.165, 1.54) is 5.56 Å². The summed E-state index contributed by atoms with van der Waals surface area (Å²) in [6.07, 6.45) is 2.48. The van der Waals surface area contributed by atoms with Gasteiger partial charge in [0.25, 0.3) is 0 Å². The summed E-state index contributed by atoms with van der Waals surface area (Å²) in [6, 6.07) is 10.2. The van der Waals surface area contributed by atoms with Gasteiger partial charge in [0.15, 0.2) is 0 Å². The largest absolute Gasteiger partial charge is 0.493 e. The molecule has 0 spiro atoms. The zero-order valence-corrected chi connectivity index (χ0v) is 10.8. The zero-order chi connectivity index (χ0) is 13.1. The summed E-state index contributed by atoms with van der Waals surface area (Å²) in [4.78, 5) is 8.36. The van der Waals surface area contributed by atoms with Crippen LogP contribution >= 0.6 is 0 Å². The predicted octanol–water partition coefficient (Wildman–Crippen LogP) is 2.45. The molecule has 2 N–H and O–H groups in total. The summed E-state index contributed by atoms with van der Waals surface area (Å²) in [5, 5.41) is 6.45. The van der Waals surface area contributed by atoms with Crippen LogP contribution in [-0.2, 0) is 0 Å². The van der Waals surface area contributed by atoms with Crippen LogP contribution < -0.4 is 15.4 Å². The first-order valence-corrected chi connectivity index (χ1v) is 6.35. The van der Waals surface area contributed by atoms with E-state index in [1.54, 1.807) is 6.33 Å². The van der Waals surface area contributed by atoms with Crippen LogP contribution in [0.5, 0.6) is 5.75 Å². The normalized spacial score (nSPS) is 17.2. The van der Waals surface area contributed by atoms with Crippen molar-refractivity contribution in [3.63, 3.8) is 0 Å². The molecular weight excluding hydrogens is 240 g/mol. The second kappa shape index (κ2) is 5.14. The number of hydrogen-bond donors (Lipinski definition) is 2. The highest BCUT2D eigenvalue weighted by atomic mass is 16.5. The summed E-state index contributed by atoms with van der Waals surface area (Å²) >= 11 is 0. The van der Waals surface area contributed by atoms with Gasteiger partial charge in [-0.2, -0.15) is 0 Å². The quantitative estimate of drug-likeness (QED) is 0.883. The molecule has 5 heteroatoms. The van der Waals surface area contributed by atoms with E-state index in [9.17, 15) is 0 Å². The van der Waals surface area contributed by atoms with Gasteiger partial charge in [0.05, 0.1) is 12.6 Å². The molecule has 0 saturated heterocycles. The van der Waals surface area contributed by atoms with Gasteiger partial charge in [-0.25, -0.2) is 9.97 Å². The van der Waals surface area contributed by atoms with E-state index in [4.69, 9.17) is 4.74 Å². The van der Waals surface area contributed by atoms with Crippen LogP contribution in [-0.4, -0.2) is 23.6 Å². The van der Waals surface area contributed by atoms with E-state index in [1.807, 2.05) is 31.3 Å². The molecule has 19 heavy (non-hydrogen) atoms. The highest BCUT2D eigenvalue weighted by molar-refractivity contribution is 5.49.